The van der Waals surface area contributed by atoms with Crippen molar-refractivity contribution >= 4 is 5.96 Å². The lowest BCUT2D eigenvalue weighted by molar-refractivity contribution is 0.0378. The Hall–Kier alpha value is -2.85. The van der Waals surface area contributed by atoms with Gasteiger partial charge in [-0.15, -0.1) is 0 Å². The number of rotatable bonds is 6. The van der Waals surface area contributed by atoms with Crippen LogP contribution in [-0.4, -0.2) is 24.2 Å². The van der Waals surface area contributed by atoms with Gasteiger partial charge in [0.15, 0.2) is 5.96 Å². The number of nitriles is 1. The van der Waals surface area contributed by atoms with Crippen LogP contribution in [0.2, 0.25) is 0 Å². The van der Waals surface area contributed by atoms with Gasteiger partial charge in [0.1, 0.15) is 22.9 Å². The lowest BCUT2D eigenvalue weighted by Gasteiger charge is -2.22. The Morgan fingerprint density at radius 3 is 2.73 bits per heavy atom. The fourth-order valence-corrected chi connectivity index (χ4v) is 2.34. The predicted molar refractivity (Wildman–Crippen MR) is 96.9 cm³/mol. The summed E-state index contributed by atoms with van der Waals surface area (Å²) in [7, 11) is 0. The third-order valence-corrected chi connectivity index (χ3v) is 3.80. The van der Waals surface area contributed by atoms with Crippen LogP contribution in [0, 0.1) is 24.1 Å². The highest BCUT2D eigenvalue weighted by Gasteiger charge is 2.27. The summed E-state index contributed by atoms with van der Waals surface area (Å²) in [6.45, 7) is 6.18. The topological polar surface area (TPSA) is 93.6 Å². The maximum Gasteiger partial charge on any atom is 0.191 e. The second-order valence-corrected chi connectivity index (χ2v) is 6.15. The quantitative estimate of drug-likeness (QED) is 0.545. The van der Waals surface area contributed by atoms with E-state index in [0.29, 0.717) is 35.2 Å². The normalized spacial score (nSPS) is 13.8. The molecule has 7 heteroatoms. The molecule has 138 valence electrons. The van der Waals surface area contributed by atoms with Crippen LogP contribution < -0.4 is 10.6 Å². The van der Waals surface area contributed by atoms with Crippen molar-refractivity contribution in [3.63, 3.8) is 0 Å². The number of hydrogen-bond acceptors (Lipinski definition) is 4. The van der Waals surface area contributed by atoms with E-state index in [2.05, 4.69) is 15.6 Å². The van der Waals surface area contributed by atoms with Gasteiger partial charge in [-0.2, -0.15) is 5.26 Å². The van der Waals surface area contributed by atoms with E-state index in [0.717, 1.165) is 0 Å². The molecule has 6 nitrogen and oxygen atoms in total. The van der Waals surface area contributed by atoms with E-state index in [1.807, 2.05) is 19.9 Å². The SMILES string of the molecule is CCNC(=NCc1cc(C#N)ccc1F)NCC(C)(O)c1ccc(C)o1. The van der Waals surface area contributed by atoms with Crippen molar-refractivity contribution in [3.8, 4) is 6.07 Å². The summed E-state index contributed by atoms with van der Waals surface area (Å²) in [6, 6.07) is 9.65. The first-order valence-corrected chi connectivity index (χ1v) is 8.35. The fourth-order valence-electron chi connectivity index (χ4n) is 2.34. The van der Waals surface area contributed by atoms with Crippen molar-refractivity contribution in [2.24, 2.45) is 4.99 Å². The van der Waals surface area contributed by atoms with E-state index in [1.165, 1.54) is 18.2 Å². The average molecular weight is 358 g/mol. The molecule has 0 bridgehead atoms. The zero-order valence-corrected chi connectivity index (χ0v) is 15.1. The lowest BCUT2D eigenvalue weighted by Crippen LogP contribution is -2.44. The Bertz CT molecular complexity index is 821. The first-order chi connectivity index (χ1) is 12.4. The Morgan fingerprint density at radius 2 is 2.12 bits per heavy atom. The lowest BCUT2D eigenvalue weighted by atomic mass is 10.0. The Morgan fingerprint density at radius 1 is 1.35 bits per heavy atom. The van der Waals surface area contributed by atoms with E-state index in [4.69, 9.17) is 9.68 Å². The van der Waals surface area contributed by atoms with Crippen LogP contribution >= 0.6 is 0 Å². The van der Waals surface area contributed by atoms with Crippen molar-refractivity contribution in [2.45, 2.75) is 32.9 Å². The number of nitrogens with zero attached hydrogens (tertiary/aromatic N) is 2. The van der Waals surface area contributed by atoms with Gasteiger partial charge in [-0.25, -0.2) is 9.38 Å². The number of hydrogen-bond donors (Lipinski definition) is 3. The highest BCUT2D eigenvalue weighted by molar-refractivity contribution is 5.79. The minimum atomic E-state index is -1.23. The largest absolute Gasteiger partial charge is 0.463 e. The first-order valence-electron chi connectivity index (χ1n) is 8.35. The second-order valence-electron chi connectivity index (χ2n) is 6.15. The summed E-state index contributed by atoms with van der Waals surface area (Å²) >= 11 is 0. The van der Waals surface area contributed by atoms with E-state index in [9.17, 15) is 9.50 Å². The van der Waals surface area contributed by atoms with E-state index >= 15 is 0 Å². The molecule has 1 unspecified atom stereocenters. The van der Waals surface area contributed by atoms with Gasteiger partial charge in [0.2, 0.25) is 0 Å². The number of aryl methyl sites for hydroxylation is 1. The third kappa shape index (κ3) is 5.07. The summed E-state index contributed by atoms with van der Waals surface area (Å²) in [5.41, 5.74) is -0.517. The monoisotopic (exact) mass is 358 g/mol. The molecule has 2 aromatic rings. The third-order valence-electron chi connectivity index (χ3n) is 3.80. The van der Waals surface area contributed by atoms with Gasteiger partial charge in [-0.05, 0) is 51.1 Å². The highest BCUT2D eigenvalue weighted by atomic mass is 19.1. The molecule has 1 aromatic carbocycles. The number of aliphatic imine (C=N–C) groups is 1. The fraction of sp³-hybridized carbons (Fsp3) is 0.368. The number of furan rings is 1. The van der Waals surface area contributed by atoms with Gasteiger partial charge in [-0.3, -0.25) is 0 Å². The molecule has 0 aliphatic heterocycles. The molecule has 0 aliphatic rings. The predicted octanol–water partition coefficient (Wildman–Crippen LogP) is 2.56. The van der Waals surface area contributed by atoms with E-state index in [1.54, 1.807) is 19.1 Å². The number of benzene rings is 1. The van der Waals surface area contributed by atoms with E-state index < -0.39 is 11.4 Å². The Labute approximate surface area is 152 Å². The van der Waals surface area contributed by atoms with Crippen LogP contribution in [0.25, 0.3) is 0 Å². The maximum atomic E-state index is 13.9. The van der Waals surface area contributed by atoms with Crippen LogP contribution in [0.15, 0.2) is 39.7 Å². The molecule has 0 radical (unpaired) electrons. The molecule has 1 heterocycles. The molecule has 0 amide bonds. The molecule has 26 heavy (non-hydrogen) atoms. The van der Waals surface area contributed by atoms with Gasteiger partial charge < -0.3 is 20.2 Å². The summed E-state index contributed by atoms with van der Waals surface area (Å²) < 4.78 is 19.3. The minimum Gasteiger partial charge on any atom is -0.463 e. The summed E-state index contributed by atoms with van der Waals surface area (Å²) in [4.78, 5) is 4.33. The standard InChI is InChI=1S/C19H23FN4O2/c1-4-22-18(23-11-15-9-14(10-21)6-7-16(15)20)24-12-19(3,25)17-8-5-13(2)26-17/h5-9,25H,4,11-12H2,1-3H3,(H2,22,23,24). The number of guanidine groups is 1. The maximum absolute atomic E-state index is 13.9. The summed E-state index contributed by atoms with van der Waals surface area (Å²) in [5, 5.41) is 25.6. The van der Waals surface area contributed by atoms with Crippen molar-refractivity contribution < 1.29 is 13.9 Å². The number of nitrogens with one attached hydrogen (secondary N) is 2. The van der Waals surface area contributed by atoms with Gasteiger partial charge >= 0.3 is 0 Å². The zero-order valence-electron chi connectivity index (χ0n) is 15.1. The van der Waals surface area contributed by atoms with Crippen LogP contribution in [0.4, 0.5) is 4.39 Å². The number of aliphatic hydroxyl groups is 1. The van der Waals surface area contributed by atoms with Gasteiger partial charge in [0, 0.05) is 12.1 Å². The van der Waals surface area contributed by atoms with Crippen LogP contribution in [0.1, 0.15) is 36.5 Å². The molecule has 1 atom stereocenters. The Balaban J connectivity index is 2.08. The van der Waals surface area contributed by atoms with Crippen molar-refractivity contribution in [1.29, 1.82) is 5.26 Å². The Kier molecular flexibility index (Phi) is 6.36. The zero-order chi connectivity index (χ0) is 19.2. The molecule has 3 N–H and O–H groups in total. The molecule has 0 fully saturated rings. The molecule has 0 spiro atoms. The second kappa shape index (κ2) is 8.50. The molecule has 0 saturated heterocycles. The summed E-state index contributed by atoms with van der Waals surface area (Å²) in [6.07, 6.45) is 0. The first kappa shape index (κ1) is 19.5. The van der Waals surface area contributed by atoms with Gasteiger partial charge in [0.25, 0.3) is 0 Å². The molecule has 1 aromatic heterocycles. The van der Waals surface area contributed by atoms with Crippen molar-refractivity contribution in [1.82, 2.24) is 10.6 Å². The minimum absolute atomic E-state index is 0.0681. The number of halogens is 1. The molecular weight excluding hydrogens is 335 g/mol. The van der Waals surface area contributed by atoms with Crippen LogP contribution in [-0.2, 0) is 12.1 Å². The molecule has 0 saturated carbocycles. The average Bonchev–Trinajstić information content (AvgIpc) is 3.06. The molecule has 2 rings (SSSR count). The summed E-state index contributed by atoms with van der Waals surface area (Å²) in [5.74, 6) is 1.18. The van der Waals surface area contributed by atoms with Gasteiger partial charge in [-0.1, -0.05) is 0 Å². The van der Waals surface area contributed by atoms with Crippen molar-refractivity contribution in [2.75, 3.05) is 13.1 Å². The highest BCUT2D eigenvalue weighted by Crippen LogP contribution is 2.21. The van der Waals surface area contributed by atoms with Crippen molar-refractivity contribution in [3.05, 3.63) is 58.8 Å². The molecule has 0 aliphatic carbocycles. The van der Waals surface area contributed by atoms with Crippen LogP contribution in [0.3, 0.4) is 0 Å². The molecular formula is C19H23FN4O2. The van der Waals surface area contributed by atoms with Gasteiger partial charge in [0.05, 0.1) is 24.7 Å². The van der Waals surface area contributed by atoms with E-state index in [-0.39, 0.29) is 13.1 Å². The van der Waals surface area contributed by atoms with Crippen LogP contribution in [0.5, 0.6) is 0 Å². The smallest absolute Gasteiger partial charge is 0.191 e.